The van der Waals surface area contributed by atoms with Crippen molar-refractivity contribution in [2.24, 2.45) is 0 Å². The van der Waals surface area contributed by atoms with E-state index in [1.807, 2.05) is 0 Å². The molecule has 9 nitrogen and oxygen atoms in total. The molecule has 0 unspecified atom stereocenters. The molecule has 162 valence electrons. The average molecular weight is 425 g/mol. The Morgan fingerprint density at radius 1 is 1.00 bits per heavy atom. The van der Waals surface area contributed by atoms with Crippen LogP contribution in [0, 0.1) is 11.8 Å². The molecular formula is C22H23N3O6. The molecular weight excluding hydrogens is 402 g/mol. The molecule has 0 spiro atoms. The van der Waals surface area contributed by atoms with Gasteiger partial charge in [0.05, 0.1) is 6.10 Å². The summed E-state index contributed by atoms with van der Waals surface area (Å²) < 4.78 is 4.76. The number of methoxy groups -OCH3 is 1. The molecule has 3 amide bonds. The summed E-state index contributed by atoms with van der Waals surface area (Å²) >= 11 is 0. The maximum absolute atomic E-state index is 12.3. The monoisotopic (exact) mass is 425 g/mol. The summed E-state index contributed by atoms with van der Waals surface area (Å²) in [6, 6.07) is 12.0. The first-order valence-corrected chi connectivity index (χ1v) is 9.28. The van der Waals surface area contributed by atoms with Crippen LogP contribution in [0.15, 0.2) is 48.5 Å². The van der Waals surface area contributed by atoms with E-state index in [-0.39, 0.29) is 18.1 Å². The smallest absolute Gasteiger partial charge is 0.268 e. The molecule has 0 saturated heterocycles. The van der Waals surface area contributed by atoms with Gasteiger partial charge in [-0.3, -0.25) is 19.6 Å². The van der Waals surface area contributed by atoms with Crippen LogP contribution in [0.25, 0.3) is 0 Å². The fourth-order valence-electron chi connectivity index (χ4n) is 2.51. The highest BCUT2D eigenvalue weighted by molar-refractivity contribution is 5.97. The number of aliphatic hydroxyl groups is 1. The third-order valence-corrected chi connectivity index (χ3v) is 4.10. The second-order valence-electron chi connectivity index (χ2n) is 6.55. The summed E-state index contributed by atoms with van der Waals surface area (Å²) in [7, 11) is 1.44. The van der Waals surface area contributed by atoms with Gasteiger partial charge in [-0.2, -0.15) is 0 Å². The largest absolute Gasteiger partial charge is 0.391 e. The van der Waals surface area contributed by atoms with Crippen molar-refractivity contribution < 1.29 is 29.4 Å². The van der Waals surface area contributed by atoms with Gasteiger partial charge in [-0.05, 0) is 55.5 Å². The number of anilines is 1. The van der Waals surface area contributed by atoms with Gasteiger partial charge in [-0.1, -0.05) is 11.8 Å². The minimum Gasteiger partial charge on any atom is -0.391 e. The van der Waals surface area contributed by atoms with Crippen LogP contribution in [-0.4, -0.2) is 53.9 Å². The molecule has 0 radical (unpaired) electrons. The van der Waals surface area contributed by atoms with Crippen molar-refractivity contribution in [1.82, 2.24) is 10.8 Å². The molecule has 0 aliphatic heterocycles. The number of amides is 3. The van der Waals surface area contributed by atoms with E-state index < -0.39 is 24.0 Å². The van der Waals surface area contributed by atoms with Gasteiger partial charge in [-0.25, -0.2) is 5.48 Å². The van der Waals surface area contributed by atoms with Gasteiger partial charge in [0.25, 0.3) is 11.8 Å². The summed E-state index contributed by atoms with van der Waals surface area (Å²) in [5.41, 5.74) is 3.70. The number of carbonyl (C=O) groups excluding carboxylic acids is 3. The van der Waals surface area contributed by atoms with Gasteiger partial charge in [0.2, 0.25) is 5.91 Å². The number of benzene rings is 2. The van der Waals surface area contributed by atoms with Crippen molar-refractivity contribution in [3.8, 4) is 11.8 Å². The number of hydrogen-bond acceptors (Lipinski definition) is 6. The van der Waals surface area contributed by atoms with Crippen LogP contribution >= 0.6 is 0 Å². The highest BCUT2D eigenvalue weighted by atomic mass is 16.5. The number of hydroxylamine groups is 1. The predicted octanol–water partition coefficient (Wildman–Crippen LogP) is 0.656. The van der Waals surface area contributed by atoms with Crippen LogP contribution in [0.2, 0.25) is 0 Å². The molecule has 2 aromatic carbocycles. The van der Waals surface area contributed by atoms with Crippen LogP contribution < -0.4 is 16.1 Å². The molecule has 0 aliphatic rings. The van der Waals surface area contributed by atoms with Gasteiger partial charge < -0.3 is 20.5 Å². The molecule has 2 atom stereocenters. The van der Waals surface area contributed by atoms with Crippen molar-refractivity contribution in [3.05, 3.63) is 65.2 Å². The van der Waals surface area contributed by atoms with Crippen LogP contribution in [0.3, 0.4) is 0 Å². The number of aliphatic hydroxyl groups excluding tert-OH is 1. The first kappa shape index (κ1) is 23.6. The van der Waals surface area contributed by atoms with Crippen molar-refractivity contribution in [1.29, 1.82) is 0 Å². The number of rotatable bonds is 7. The lowest BCUT2D eigenvalue weighted by Crippen LogP contribution is -2.51. The van der Waals surface area contributed by atoms with E-state index in [1.165, 1.54) is 31.6 Å². The first-order chi connectivity index (χ1) is 14.8. The Labute approximate surface area is 179 Å². The number of nitrogens with one attached hydrogen (secondary N) is 3. The van der Waals surface area contributed by atoms with Gasteiger partial charge in [0, 0.05) is 29.5 Å². The SMILES string of the molecule is COCC(=O)Nc1ccc(C#Cc2ccc(C(=O)N[C@H](C(=O)NO)[C@@H](C)O)cc2)cc1. The van der Waals surface area contributed by atoms with Crippen molar-refractivity contribution >= 4 is 23.4 Å². The number of carbonyl (C=O) groups is 3. The molecule has 0 saturated carbocycles. The Bertz CT molecular complexity index is 975. The molecule has 0 bridgehead atoms. The summed E-state index contributed by atoms with van der Waals surface area (Å²) in [6.07, 6.45) is -1.19. The standard InChI is InChI=1S/C22H23N3O6/c1-14(26)20(22(29)25-30)24-21(28)17-9-5-15(6-10-17)3-4-16-7-11-18(12-8-16)23-19(27)13-31-2/h5-12,14,20,26,30H,13H2,1-2H3,(H,23,27)(H,24,28)(H,25,29)/t14-,20+/m1/s1. The second-order valence-corrected chi connectivity index (χ2v) is 6.55. The number of hydrogen-bond donors (Lipinski definition) is 5. The lowest BCUT2D eigenvalue weighted by molar-refractivity contribution is -0.133. The fourth-order valence-corrected chi connectivity index (χ4v) is 2.51. The molecule has 0 fully saturated rings. The van der Waals surface area contributed by atoms with E-state index >= 15 is 0 Å². The van der Waals surface area contributed by atoms with E-state index in [0.29, 0.717) is 11.3 Å². The lowest BCUT2D eigenvalue weighted by atomic mass is 10.1. The zero-order valence-corrected chi connectivity index (χ0v) is 17.0. The zero-order valence-electron chi connectivity index (χ0n) is 17.0. The van der Waals surface area contributed by atoms with E-state index in [9.17, 15) is 19.5 Å². The Morgan fingerprint density at radius 3 is 2.03 bits per heavy atom. The molecule has 9 heteroatoms. The average Bonchev–Trinajstić information content (AvgIpc) is 2.76. The molecule has 31 heavy (non-hydrogen) atoms. The molecule has 2 rings (SSSR count). The minimum atomic E-state index is -1.29. The summed E-state index contributed by atoms with van der Waals surface area (Å²) in [6.45, 7) is 1.29. The van der Waals surface area contributed by atoms with Crippen LogP contribution in [0.1, 0.15) is 28.4 Å². The van der Waals surface area contributed by atoms with Gasteiger partial charge in [-0.15, -0.1) is 0 Å². The van der Waals surface area contributed by atoms with E-state index in [1.54, 1.807) is 36.4 Å². The van der Waals surface area contributed by atoms with E-state index in [2.05, 4.69) is 22.5 Å². The molecule has 5 N–H and O–H groups in total. The van der Waals surface area contributed by atoms with Crippen molar-refractivity contribution in [2.75, 3.05) is 19.0 Å². The van der Waals surface area contributed by atoms with Crippen LogP contribution in [0.4, 0.5) is 5.69 Å². The van der Waals surface area contributed by atoms with Crippen molar-refractivity contribution in [2.45, 2.75) is 19.1 Å². The highest BCUT2D eigenvalue weighted by Crippen LogP contribution is 2.10. The second kappa shape index (κ2) is 11.5. The molecule has 0 aliphatic carbocycles. The normalized spacial score (nSPS) is 12.0. The molecule has 0 heterocycles. The first-order valence-electron chi connectivity index (χ1n) is 9.28. The maximum Gasteiger partial charge on any atom is 0.268 e. The minimum absolute atomic E-state index is 0.0239. The lowest BCUT2D eigenvalue weighted by Gasteiger charge is -2.19. The third-order valence-electron chi connectivity index (χ3n) is 4.10. The van der Waals surface area contributed by atoms with Crippen LogP contribution in [-0.2, 0) is 14.3 Å². The Kier molecular flexibility index (Phi) is 8.72. The Balaban J connectivity index is 2.01. The third kappa shape index (κ3) is 7.24. The zero-order chi connectivity index (χ0) is 22.8. The van der Waals surface area contributed by atoms with Crippen molar-refractivity contribution in [3.63, 3.8) is 0 Å². The summed E-state index contributed by atoms with van der Waals surface area (Å²) in [5, 5.41) is 23.3. The Morgan fingerprint density at radius 2 is 1.55 bits per heavy atom. The summed E-state index contributed by atoms with van der Waals surface area (Å²) in [5.74, 6) is 4.20. The Hall–Kier alpha value is -3.71. The topological polar surface area (TPSA) is 137 Å². The highest BCUT2D eigenvalue weighted by Gasteiger charge is 2.25. The van der Waals surface area contributed by atoms with Crippen LogP contribution in [0.5, 0.6) is 0 Å². The fraction of sp³-hybridized carbons (Fsp3) is 0.227. The molecule has 2 aromatic rings. The van der Waals surface area contributed by atoms with E-state index in [0.717, 1.165) is 5.56 Å². The van der Waals surface area contributed by atoms with Gasteiger partial charge >= 0.3 is 0 Å². The van der Waals surface area contributed by atoms with E-state index in [4.69, 9.17) is 9.94 Å². The summed E-state index contributed by atoms with van der Waals surface area (Å²) in [4.78, 5) is 35.3. The van der Waals surface area contributed by atoms with Gasteiger partial charge in [0.15, 0.2) is 0 Å². The van der Waals surface area contributed by atoms with Gasteiger partial charge in [0.1, 0.15) is 12.6 Å². The quantitative estimate of drug-likeness (QED) is 0.251. The maximum atomic E-state index is 12.3. The molecule has 0 aromatic heterocycles. The predicted molar refractivity (Wildman–Crippen MR) is 112 cm³/mol. The number of ether oxygens (including phenoxy) is 1.